The van der Waals surface area contributed by atoms with Crippen molar-refractivity contribution in [3.63, 3.8) is 0 Å². The number of hydrogen-bond acceptors (Lipinski definition) is 2. The maximum absolute atomic E-state index is 13.2. The lowest BCUT2D eigenvalue weighted by Gasteiger charge is -2.18. The second-order valence-corrected chi connectivity index (χ2v) is 5.37. The van der Waals surface area contributed by atoms with Gasteiger partial charge in [-0.15, -0.1) is 0 Å². The number of nitrogens with one attached hydrogen (secondary N) is 1. The first-order valence-corrected chi connectivity index (χ1v) is 7.46. The highest BCUT2D eigenvalue weighted by Crippen LogP contribution is 2.19. The summed E-state index contributed by atoms with van der Waals surface area (Å²) in [5.41, 5.74) is 6.45. The Morgan fingerprint density at radius 3 is 2.58 bits per heavy atom. The van der Waals surface area contributed by atoms with Gasteiger partial charge in [0.1, 0.15) is 5.82 Å². The van der Waals surface area contributed by atoms with Crippen molar-refractivity contribution in [2.45, 2.75) is 51.5 Å². The van der Waals surface area contributed by atoms with E-state index in [-0.39, 0.29) is 11.9 Å². The van der Waals surface area contributed by atoms with Crippen molar-refractivity contribution in [2.75, 3.05) is 11.9 Å². The maximum atomic E-state index is 13.2. The first-order chi connectivity index (χ1) is 9.15. The standard InChI is InChI=1S/C15H24ClFN2/c1-2-3-4-5-6-7-14(11-18)19-15-9-12(16)8-13(17)10-15/h8-10,14,19H,2-7,11,18H2,1H3. The highest BCUT2D eigenvalue weighted by molar-refractivity contribution is 6.30. The minimum atomic E-state index is -0.325. The van der Waals surface area contributed by atoms with E-state index in [0.29, 0.717) is 17.3 Å². The first kappa shape index (κ1) is 16.3. The van der Waals surface area contributed by atoms with Gasteiger partial charge in [-0.05, 0) is 24.6 Å². The molecule has 0 aliphatic heterocycles. The molecule has 3 N–H and O–H groups in total. The molecule has 0 amide bonds. The molecule has 0 radical (unpaired) electrons. The van der Waals surface area contributed by atoms with Crippen LogP contribution in [0.4, 0.5) is 10.1 Å². The average molecular weight is 287 g/mol. The molecule has 1 aromatic rings. The average Bonchev–Trinajstić information content (AvgIpc) is 2.36. The van der Waals surface area contributed by atoms with Gasteiger partial charge in [-0.3, -0.25) is 0 Å². The SMILES string of the molecule is CCCCCCCC(CN)Nc1cc(F)cc(Cl)c1. The third-order valence-electron chi connectivity index (χ3n) is 3.17. The Hall–Kier alpha value is -0.800. The van der Waals surface area contributed by atoms with Crippen molar-refractivity contribution in [3.05, 3.63) is 29.0 Å². The number of hydrogen-bond donors (Lipinski definition) is 2. The molecule has 0 heterocycles. The molecule has 0 bridgehead atoms. The Kier molecular flexibility index (Phi) is 7.84. The molecule has 1 unspecified atom stereocenters. The molecule has 2 nitrogen and oxygen atoms in total. The summed E-state index contributed by atoms with van der Waals surface area (Å²) in [6.07, 6.45) is 7.21. The normalized spacial score (nSPS) is 12.4. The lowest BCUT2D eigenvalue weighted by molar-refractivity contribution is 0.563. The van der Waals surface area contributed by atoms with E-state index >= 15 is 0 Å². The Morgan fingerprint density at radius 2 is 1.95 bits per heavy atom. The first-order valence-electron chi connectivity index (χ1n) is 7.08. The van der Waals surface area contributed by atoms with Crippen LogP contribution in [0.2, 0.25) is 5.02 Å². The number of nitrogens with two attached hydrogens (primary N) is 1. The van der Waals surface area contributed by atoms with Gasteiger partial charge in [-0.2, -0.15) is 0 Å². The minimum Gasteiger partial charge on any atom is -0.381 e. The molecule has 0 aliphatic rings. The molecule has 0 saturated carbocycles. The van der Waals surface area contributed by atoms with E-state index in [9.17, 15) is 4.39 Å². The van der Waals surface area contributed by atoms with Crippen LogP contribution in [0.25, 0.3) is 0 Å². The van der Waals surface area contributed by atoms with E-state index in [1.807, 2.05) is 0 Å². The van der Waals surface area contributed by atoms with Crippen LogP contribution in [0, 0.1) is 5.82 Å². The van der Waals surface area contributed by atoms with E-state index < -0.39 is 0 Å². The molecule has 0 spiro atoms. The smallest absolute Gasteiger partial charge is 0.126 e. The van der Waals surface area contributed by atoms with E-state index in [1.165, 1.54) is 37.8 Å². The predicted octanol–water partition coefficient (Wildman–Crippen LogP) is 4.58. The van der Waals surface area contributed by atoms with Crippen LogP contribution in [0.15, 0.2) is 18.2 Å². The predicted molar refractivity (Wildman–Crippen MR) is 81.3 cm³/mol. The van der Waals surface area contributed by atoms with E-state index in [1.54, 1.807) is 6.07 Å². The summed E-state index contributed by atoms with van der Waals surface area (Å²) in [5, 5.41) is 3.66. The van der Waals surface area contributed by atoms with Gasteiger partial charge in [-0.25, -0.2) is 4.39 Å². The van der Waals surface area contributed by atoms with Crippen LogP contribution in [-0.2, 0) is 0 Å². The largest absolute Gasteiger partial charge is 0.381 e. The molecule has 0 saturated heterocycles. The van der Waals surface area contributed by atoms with Crippen molar-refractivity contribution in [3.8, 4) is 0 Å². The highest BCUT2D eigenvalue weighted by atomic mass is 35.5. The van der Waals surface area contributed by atoms with Crippen molar-refractivity contribution >= 4 is 17.3 Å². The third-order valence-corrected chi connectivity index (χ3v) is 3.39. The van der Waals surface area contributed by atoms with E-state index in [2.05, 4.69) is 12.2 Å². The number of rotatable bonds is 9. The zero-order valence-corrected chi connectivity index (χ0v) is 12.3. The monoisotopic (exact) mass is 286 g/mol. The van der Waals surface area contributed by atoms with Gasteiger partial charge in [-0.1, -0.05) is 50.6 Å². The van der Waals surface area contributed by atoms with Gasteiger partial charge in [0.15, 0.2) is 0 Å². The zero-order valence-electron chi connectivity index (χ0n) is 11.6. The number of anilines is 1. The van der Waals surface area contributed by atoms with Crippen LogP contribution in [0.5, 0.6) is 0 Å². The quantitative estimate of drug-likeness (QED) is 0.652. The summed E-state index contributed by atoms with van der Waals surface area (Å²) in [5.74, 6) is -0.325. The fourth-order valence-electron chi connectivity index (χ4n) is 2.12. The number of benzene rings is 1. The molecule has 1 atom stereocenters. The van der Waals surface area contributed by atoms with Gasteiger partial charge >= 0.3 is 0 Å². The lowest BCUT2D eigenvalue weighted by Crippen LogP contribution is -2.28. The molecule has 0 fully saturated rings. The summed E-state index contributed by atoms with van der Waals surface area (Å²) in [4.78, 5) is 0. The fourth-order valence-corrected chi connectivity index (χ4v) is 2.34. The Bertz CT molecular complexity index is 351. The van der Waals surface area contributed by atoms with Gasteiger partial charge in [0, 0.05) is 23.3 Å². The summed E-state index contributed by atoms with van der Waals surface area (Å²) < 4.78 is 13.2. The fraction of sp³-hybridized carbons (Fsp3) is 0.600. The molecular weight excluding hydrogens is 263 g/mol. The van der Waals surface area contributed by atoms with Crippen LogP contribution >= 0.6 is 11.6 Å². The molecule has 0 aromatic heterocycles. The van der Waals surface area contributed by atoms with Gasteiger partial charge < -0.3 is 11.1 Å². The second-order valence-electron chi connectivity index (χ2n) is 4.94. The van der Waals surface area contributed by atoms with E-state index in [0.717, 1.165) is 12.8 Å². The number of unbranched alkanes of at least 4 members (excludes halogenated alkanes) is 4. The van der Waals surface area contributed by atoms with Gasteiger partial charge in [0.05, 0.1) is 0 Å². The Balaban J connectivity index is 2.38. The van der Waals surface area contributed by atoms with Gasteiger partial charge in [0.2, 0.25) is 0 Å². The third kappa shape index (κ3) is 6.79. The zero-order chi connectivity index (χ0) is 14.1. The summed E-state index contributed by atoms with van der Waals surface area (Å²) in [7, 11) is 0. The van der Waals surface area contributed by atoms with E-state index in [4.69, 9.17) is 17.3 Å². The summed E-state index contributed by atoms with van der Waals surface area (Å²) in [6, 6.07) is 4.66. The maximum Gasteiger partial charge on any atom is 0.126 e. The molecule has 1 rings (SSSR count). The Morgan fingerprint density at radius 1 is 1.21 bits per heavy atom. The van der Waals surface area contributed by atoms with Crippen molar-refractivity contribution in [1.82, 2.24) is 0 Å². The minimum absolute atomic E-state index is 0.180. The van der Waals surface area contributed by atoms with Crippen LogP contribution in [0.3, 0.4) is 0 Å². The second kappa shape index (κ2) is 9.16. The summed E-state index contributed by atoms with van der Waals surface area (Å²) in [6.45, 7) is 2.75. The lowest BCUT2D eigenvalue weighted by atomic mass is 10.1. The molecule has 0 aliphatic carbocycles. The Labute approximate surface area is 120 Å². The van der Waals surface area contributed by atoms with Crippen molar-refractivity contribution in [1.29, 1.82) is 0 Å². The molecule has 108 valence electrons. The molecule has 1 aromatic carbocycles. The van der Waals surface area contributed by atoms with Gasteiger partial charge in [0.25, 0.3) is 0 Å². The van der Waals surface area contributed by atoms with Crippen molar-refractivity contribution < 1.29 is 4.39 Å². The van der Waals surface area contributed by atoms with Crippen LogP contribution in [-0.4, -0.2) is 12.6 Å². The number of halogens is 2. The summed E-state index contributed by atoms with van der Waals surface area (Å²) >= 11 is 5.83. The highest BCUT2D eigenvalue weighted by Gasteiger charge is 2.07. The van der Waals surface area contributed by atoms with Crippen LogP contribution in [0.1, 0.15) is 45.4 Å². The van der Waals surface area contributed by atoms with Crippen molar-refractivity contribution in [2.24, 2.45) is 5.73 Å². The molecule has 19 heavy (non-hydrogen) atoms. The van der Waals surface area contributed by atoms with Crippen LogP contribution < -0.4 is 11.1 Å². The topological polar surface area (TPSA) is 38.0 Å². The molecule has 4 heteroatoms. The molecular formula is C15H24ClFN2.